The number of esters is 1. The lowest BCUT2D eigenvalue weighted by molar-refractivity contribution is 0.0601. The van der Waals surface area contributed by atoms with Crippen molar-refractivity contribution in [3.8, 4) is 0 Å². The Hall–Kier alpha value is -2.89. The molecule has 0 bridgehead atoms. The maximum atomic E-state index is 11.4. The topological polar surface area (TPSA) is 76.1 Å². The number of ether oxygens (including phenoxy) is 1. The Kier molecular flexibility index (Phi) is 5.08. The third kappa shape index (κ3) is 4.05. The lowest BCUT2D eigenvalue weighted by atomic mass is 10.2. The Bertz CT molecular complexity index is 668. The van der Waals surface area contributed by atoms with Crippen molar-refractivity contribution in [2.24, 2.45) is 0 Å². The number of methoxy groups -OCH3 is 1. The van der Waals surface area contributed by atoms with Crippen LogP contribution in [0.15, 0.2) is 43.0 Å². The molecule has 22 heavy (non-hydrogen) atoms. The summed E-state index contributed by atoms with van der Waals surface area (Å²) < 4.78 is 4.67. The van der Waals surface area contributed by atoms with Gasteiger partial charge in [-0.3, -0.25) is 0 Å². The molecule has 114 valence electrons. The monoisotopic (exact) mass is 298 g/mol. The SMILES string of the molecule is C=CCNc1cc(Nc2ccc(C(=O)OC)cc2)nc(C)n1. The average molecular weight is 298 g/mol. The molecule has 0 aliphatic rings. The van der Waals surface area contributed by atoms with Gasteiger partial charge >= 0.3 is 5.97 Å². The Morgan fingerprint density at radius 2 is 1.95 bits per heavy atom. The Balaban J connectivity index is 2.14. The van der Waals surface area contributed by atoms with Crippen LogP contribution in [0.3, 0.4) is 0 Å². The fourth-order valence-electron chi connectivity index (χ4n) is 1.85. The molecule has 0 radical (unpaired) electrons. The van der Waals surface area contributed by atoms with Gasteiger partial charge in [-0.05, 0) is 31.2 Å². The van der Waals surface area contributed by atoms with Crippen molar-refractivity contribution >= 4 is 23.3 Å². The van der Waals surface area contributed by atoms with E-state index >= 15 is 0 Å². The Labute approximate surface area is 129 Å². The second-order valence-corrected chi connectivity index (χ2v) is 4.55. The lowest BCUT2D eigenvalue weighted by Crippen LogP contribution is -2.05. The highest BCUT2D eigenvalue weighted by atomic mass is 16.5. The van der Waals surface area contributed by atoms with Crippen LogP contribution in [0.4, 0.5) is 17.3 Å². The van der Waals surface area contributed by atoms with Gasteiger partial charge in [-0.2, -0.15) is 0 Å². The highest BCUT2D eigenvalue weighted by molar-refractivity contribution is 5.89. The first-order valence-corrected chi connectivity index (χ1v) is 6.78. The van der Waals surface area contributed by atoms with Gasteiger partial charge in [0.05, 0.1) is 12.7 Å². The first-order chi connectivity index (χ1) is 10.6. The molecule has 0 amide bonds. The highest BCUT2D eigenvalue weighted by Gasteiger charge is 2.05. The summed E-state index contributed by atoms with van der Waals surface area (Å²) >= 11 is 0. The molecule has 0 aliphatic carbocycles. The molecule has 2 rings (SSSR count). The van der Waals surface area contributed by atoms with Crippen LogP contribution in [0.25, 0.3) is 0 Å². The van der Waals surface area contributed by atoms with Crippen LogP contribution in [0.5, 0.6) is 0 Å². The number of carbonyl (C=O) groups is 1. The molecular formula is C16H18N4O2. The third-order valence-corrected chi connectivity index (χ3v) is 2.84. The van der Waals surface area contributed by atoms with Crippen molar-refractivity contribution < 1.29 is 9.53 Å². The Morgan fingerprint density at radius 3 is 2.59 bits per heavy atom. The number of anilines is 3. The molecule has 1 aromatic heterocycles. The van der Waals surface area contributed by atoms with Crippen molar-refractivity contribution in [3.63, 3.8) is 0 Å². The summed E-state index contributed by atoms with van der Waals surface area (Å²) in [5.41, 5.74) is 1.32. The number of hydrogen-bond acceptors (Lipinski definition) is 6. The number of aryl methyl sites for hydroxylation is 1. The molecule has 0 aliphatic heterocycles. The number of benzene rings is 1. The quantitative estimate of drug-likeness (QED) is 0.631. The van der Waals surface area contributed by atoms with Crippen LogP contribution in [0, 0.1) is 6.92 Å². The molecule has 0 unspecified atom stereocenters. The van der Waals surface area contributed by atoms with Crippen LogP contribution in [0.1, 0.15) is 16.2 Å². The molecule has 0 atom stereocenters. The summed E-state index contributed by atoms with van der Waals surface area (Å²) in [6.45, 7) is 6.11. The lowest BCUT2D eigenvalue weighted by Gasteiger charge is -2.09. The molecule has 2 aromatic rings. The van der Waals surface area contributed by atoms with Gasteiger partial charge in [0, 0.05) is 18.3 Å². The van der Waals surface area contributed by atoms with Crippen LogP contribution in [0.2, 0.25) is 0 Å². The minimum absolute atomic E-state index is 0.361. The molecule has 6 heteroatoms. The summed E-state index contributed by atoms with van der Waals surface area (Å²) in [6, 6.07) is 8.78. The van der Waals surface area contributed by atoms with Gasteiger partial charge in [0.15, 0.2) is 0 Å². The number of carbonyl (C=O) groups excluding carboxylic acids is 1. The van der Waals surface area contributed by atoms with Gasteiger partial charge in [0.25, 0.3) is 0 Å². The van der Waals surface area contributed by atoms with Crippen LogP contribution >= 0.6 is 0 Å². The standard InChI is InChI=1S/C16H18N4O2/c1-4-9-17-14-10-15(19-11(2)18-14)20-13-7-5-12(6-8-13)16(21)22-3/h4-8,10H,1,9H2,2-3H3,(H2,17,18,19,20). The van der Waals surface area contributed by atoms with E-state index in [1.807, 2.05) is 13.0 Å². The summed E-state index contributed by atoms with van der Waals surface area (Å²) in [5.74, 6) is 1.69. The fourth-order valence-corrected chi connectivity index (χ4v) is 1.85. The van der Waals surface area contributed by atoms with Gasteiger partial charge in [-0.1, -0.05) is 6.08 Å². The van der Waals surface area contributed by atoms with E-state index in [2.05, 4.69) is 31.9 Å². The van der Waals surface area contributed by atoms with E-state index in [0.717, 1.165) is 11.5 Å². The van der Waals surface area contributed by atoms with Gasteiger partial charge in [-0.25, -0.2) is 14.8 Å². The molecule has 0 fully saturated rings. The van der Waals surface area contributed by atoms with Gasteiger partial charge < -0.3 is 15.4 Å². The number of nitrogens with zero attached hydrogens (tertiary/aromatic N) is 2. The minimum atomic E-state index is -0.361. The molecule has 0 spiro atoms. The summed E-state index contributed by atoms with van der Waals surface area (Å²) in [7, 11) is 1.36. The maximum Gasteiger partial charge on any atom is 0.337 e. The number of rotatable bonds is 6. The molecule has 1 aromatic carbocycles. The zero-order chi connectivity index (χ0) is 15.9. The van der Waals surface area contributed by atoms with Crippen molar-refractivity contribution in [2.45, 2.75) is 6.92 Å². The minimum Gasteiger partial charge on any atom is -0.465 e. The molecule has 6 nitrogen and oxygen atoms in total. The maximum absolute atomic E-state index is 11.4. The van der Waals surface area contributed by atoms with E-state index in [0.29, 0.717) is 23.8 Å². The van der Waals surface area contributed by atoms with E-state index in [-0.39, 0.29) is 5.97 Å². The summed E-state index contributed by atoms with van der Waals surface area (Å²) in [6.07, 6.45) is 1.76. The van der Waals surface area contributed by atoms with E-state index in [9.17, 15) is 4.79 Å². The third-order valence-electron chi connectivity index (χ3n) is 2.84. The molecule has 2 N–H and O–H groups in total. The number of nitrogens with one attached hydrogen (secondary N) is 2. The van der Waals surface area contributed by atoms with Crippen LogP contribution < -0.4 is 10.6 Å². The second kappa shape index (κ2) is 7.21. The van der Waals surface area contributed by atoms with Crippen molar-refractivity contribution in [2.75, 3.05) is 24.3 Å². The smallest absolute Gasteiger partial charge is 0.337 e. The Morgan fingerprint density at radius 1 is 1.27 bits per heavy atom. The second-order valence-electron chi connectivity index (χ2n) is 4.55. The normalized spacial score (nSPS) is 9.91. The van der Waals surface area contributed by atoms with Crippen LogP contribution in [-0.2, 0) is 4.74 Å². The van der Waals surface area contributed by atoms with Crippen molar-refractivity contribution in [1.82, 2.24) is 9.97 Å². The number of hydrogen-bond donors (Lipinski definition) is 2. The largest absolute Gasteiger partial charge is 0.465 e. The van der Waals surface area contributed by atoms with E-state index in [1.54, 1.807) is 30.3 Å². The average Bonchev–Trinajstić information content (AvgIpc) is 2.52. The van der Waals surface area contributed by atoms with Gasteiger partial charge in [0.1, 0.15) is 17.5 Å². The van der Waals surface area contributed by atoms with E-state index < -0.39 is 0 Å². The molecule has 0 saturated carbocycles. The van der Waals surface area contributed by atoms with Crippen molar-refractivity contribution in [3.05, 3.63) is 54.4 Å². The molecule has 1 heterocycles. The highest BCUT2D eigenvalue weighted by Crippen LogP contribution is 2.18. The first-order valence-electron chi connectivity index (χ1n) is 6.78. The van der Waals surface area contributed by atoms with Crippen LogP contribution in [-0.4, -0.2) is 29.6 Å². The van der Waals surface area contributed by atoms with Gasteiger partial charge in [-0.15, -0.1) is 6.58 Å². The predicted molar refractivity (Wildman–Crippen MR) is 86.5 cm³/mol. The predicted octanol–water partition coefficient (Wildman–Crippen LogP) is 2.91. The molecular weight excluding hydrogens is 280 g/mol. The summed E-state index contributed by atoms with van der Waals surface area (Å²) in [4.78, 5) is 20.0. The fraction of sp³-hybridized carbons (Fsp3) is 0.188. The van der Waals surface area contributed by atoms with Crippen molar-refractivity contribution in [1.29, 1.82) is 0 Å². The first kappa shape index (κ1) is 15.5. The molecule has 0 saturated heterocycles. The van der Waals surface area contributed by atoms with E-state index in [4.69, 9.17) is 0 Å². The van der Waals surface area contributed by atoms with Gasteiger partial charge in [0.2, 0.25) is 0 Å². The summed E-state index contributed by atoms with van der Waals surface area (Å²) in [5, 5.41) is 6.30. The van der Waals surface area contributed by atoms with E-state index in [1.165, 1.54) is 7.11 Å². The zero-order valence-electron chi connectivity index (χ0n) is 12.6. The number of aromatic nitrogens is 2. The zero-order valence-corrected chi connectivity index (χ0v) is 12.6.